The topological polar surface area (TPSA) is 59.9 Å². The highest BCUT2D eigenvalue weighted by Gasteiger charge is 2.09. The van der Waals surface area contributed by atoms with Crippen molar-refractivity contribution in [3.8, 4) is 17.4 Å². The van der Waals surface area contributed by atoms with Crippen LogP contribution in [-0.2, 0) is 0 Å². The van der Waals surface area contributed by atoms with Crippen molar-refractivity contribution in [3.05, 3.63) is 28.7 Å². The summed E-state index contributed by atoms with van der Waals surface area (Å²) in [4.78, 5) is 12.8. The van der Waals surface area contributed by atoms with E-state index in [-0.39, 0.29) is 6.10 Å². The lowest BCUT2D eigenvalue weighted by atomic mass is 10.2. The van der Waals surface area contributed by atoms with Crippen molar-refractivity contribution in [2.24, 2.45) is 0 Å². The Bertz CT molecular complexity index is 557. The van der Waals surface area contributed by atoms with Crippen LogP contribution in [-0.4, -0.2) is 28.1 Å². The van der Waals surface area contributed by atoms with E-state index >= 15 is 0 Å². The standard InChI is InChI=1S/C13H15BrN4O/c1-8(2)19-13-17-11(16-12(15-3)18-13)9-4-6-10(14)7-5-9/h4-8H,1-3H3,(H,15,16,17,18). The number of aromatic nitrogens is 3. The molecule has 1 N–H and O–H groups in total. The van der Waals surface area contributed by atoms with Crippen LogP contribution >= 0.6 is 15.9 Å². The summed E-state index contributed by atoms with van der Waals surface area (Å²) in [7, 11) is 1.76. The zero-order chi connectivity index (χ0) is 13.8. The van der Waals surface area contributed by atoms with E-state index in [0.717, 1.165) is 10.0 Å². The van der Waals surface area contributed by atoms with Gasteiger partial charge in [-0.2, -0.15) is 15.0 Å². The van der Waals surface area contributed by atoms with Crippen LogP contribution in [0.2, 0.25) is 0 Å². The molecule has 1 heterocycles. The molecule has 1 aromatic heterocycles. The van der Waals surface area contributed by atoms with Gasteiger partial charge in [0.2, 0.25) is 5.95 Å². The fraction of sp³-hybridized carbons (Fsp3) is 0.308. The lowest BCUT2D eigenvalue weighted by Crippen LogP contribution is -2.11. The normalized spacial score (nSPS) is 10.6. The third kappa shape index (κ3) is 3.64. The Morgan fingerprint density at radius 3 is 2.37 bits per heavy atom. The Morgan fingerprint density at radius 1 is 1.11 bits per heavy atom. The molecule has 0 saturated carbocycles. The second kappa shape index (κ2) is 5.97. The van der Waals surface area contributed by atoms with E-state index in [4.69, 9.17) is 4.74 Å². The predicted molar refractivity (Wildman–Crippen MR) is 78.3 cm³/mol. The monoisotopic (exact) mass is 322 g/mol. The molecule has 0 spiro atoms. The van der Waals surface area contributed by atoms with E-state index < -0.39 is 0 Å². The Hall–Kier alpha value is -1.69. The number of rotatable bonds is 4. The average molecular weight is 323 g/mol. The van der Waals surface area contributed by atoms with Gasteiger partial charge in [-0.25, -0.2) is 0 Å². The summed E-state index contributed by atoms with van der Waals surface area (Å²) in [6, 6.07) is 8.10. The first-order valence-corrected chi connectivity index (χ1v) is 6.74. The first-order valence-electron chi connectivity index (χ1n) is 5.95. The number of hydrogen-bond donors (Lipinski definition) is 1. The molecule has 0 aliphatic rings. The van der Waals surface area contributed by atoms with E-state index in [9.17, 15) is 0 Å². The molecule has 6 heteroatoms. The average Bonchev–Trinajstić information content (AvgIpc) is 2.38. The minimum absolute atomic E-state index is 0.0184. The van der Waals surface area contributed by atoms with Crippen molar-refractivity contribution < 1.29 is 4.74 Å². The molecule has 2 rings (SSSR count). The second-order valence-electron chi connectivity index (χ2n) is 4.19. The minimum Gasteiger partial charge on any atom is -0.461 e. The van der Waals surface area contributed by atoms with Crippen molar-refractivity contribution >= 4 is 21.9 Å². The molecule has 0 radical (unpaired) electrons. The van der Waals surface area contributed by atoms with E-state index in [2.05, 4.69) is 36.2 Å². The summed E-state index contributed by atoms with van der Waals surface area (Å²) in [5, 5.41) is 2.91. The van der Waals surface area contributed by atoms with Crippen molar-refractivity contribution in [1.29, 1.82) is 0 Å². The van der Waals surface area contributed by atoms with Crippen LogP contribution in [0, 0.1) is 0 Å². The van der Waals surface area contributed by atoms with Gasteiger partial charge in [-0.15, -0.1) is 0 Å². The molecule has 0 amide bonds. The van der Waals surface area contributed by atoms with E-state index in [1.807, 2.05) is 38.1 Å². The fourth-order valence-electron chi connectivity index (χ4n) is 1.46. The molecule has 0 aliphatic carbocycles. The highest BCUT2D eigenvalue weighted by atomic mass is 79.9. The molecular formula is C13H15BrN4O. The molecule has 0 bridgehead atoms. The maximum Gasteiger partial charge on any atom is 0.322 e. The highest BCUT2D eigenvalue weighted by Crippen LogP contribution is 2.21. The lowest BCUT2D eigenvalue weighted by Gasteiger charge is -2.10. The summed E-state index contributed by atoms with van der Waals surface area (Å²) in [6.45, 7) is 3.87. The number of benzene rings is 1. The van der Waals surface area contributed by atoms with Gasteiger partial charge >= 0.3 is 6.01 Å². The molecule has 19 heavy (non-hydrogen) atoms. The summed E-state index contributed by atoms with van der Waals surface area (Å²) >= 11 is 3.40. The third-order valence-corrected chi connectivity index (χ3v) is 2.81. The van der Waals surface area contributed by atoms with Crippen LogP contribution < -0.4 is 10.1 Å². The quantitative estimate of drug-likeness (QED) is 0.937. The van der Waals surface area contributed by atoms with Gasteiger partial charge in [0, 0.05) is 17.1 Å². The summed E-state index contributed by atoms with van der Waals surface area (Å²) < 4.78 is 6.54. The van der Waals surface area contributed by atoms with Crippen LogP contribution in [0.3, 0.4) is 0 Å². The van der Waals surface area contributed by atoms with Crippen molar-refractivity contribution in [2.45, 2.75) is 20.0 Å². The van der Waals surface area contributed by atoms with Crippen LogP contribution in [0.4, 0.5) is 5.95 Å². The SMILES string of the molecule is CNc1nc(OC(C)C)nc(-c2ccc(Br)cc2)n1. The van der Waals surface area contributed by atoms with Gasteiger partial charge in [-0.05, 0) is 26.0 Å². The number of anilines is 1. The van der Waals surface area contributed by atoms with Crippen LogP contribution in [0.5, 0.6) is 6.01 Å². The van der Waals surface area contributed by atoms with E-state index in [1.165, 1.54) is 0 Å². The molecule has 0 unspecified atom stereocenters. The first-order chi connectivity index (χ1) is 9.08. The zero-order valence-electron chi connectivity index (χ0n) is 11.0. The molecule has 0 fully saturated rings. The third-order valence-electron chi connectivity index (χ3n) is 2.28. The Labute approximate surface area is 120 Å². The van der Waals surface area contributed by atoms with Crippen LogP contribution in [0.15, 0.2) is 28.7 Å². The van der Waals surface area contributed by atoms with Gasteiger partial charge < -0.3 is 10.1 Å². The number of ether oxygens (including phenoxy) is 1. The van der Waals surface area contributed by atoms with Gasteiger partial charge in [0.1, 0.15) is 0 Å². The molecular weight excluding hydrogens is 308 g/mol. The number of halogens is 1. The molecule has 2 aromatic rings. The predicted octanol–water partition coefficient (Wildman–Crippen LogP) is 3.13. The Morgan fingerprint density at radius 2 is 1.79 bits per heavy atom. The smallest absolute Gasteiger partial charge is 0.322 e. The van der Waals surface area contributed by atoms with Gasteiger partial charge in [0.25, 0.3) is 0 Å². The van der Waals surface area contributed by atoms with Crippen LogP contribution in [0.1, 0.15) is 13.8 Å². The van der Waals surface area contributed by atoms with Crippen molar-refractivity contribution in [1.82, 2.24) is 15.0 Å². The van der Waals surface area contributed by atoms with Gasteiger partial charge in [0.05, 0.1) is 6.10 Å². The molecule has 5 nitrogen and oxygen atoms in total. The van der Waals surface area contributed by atoms with Gasteiger partial charge in [-0.1, -0.05) is 28.1 Å². The number of nitrogens with zero attached hydrogens (tertiary/aromatic N) is 3. The highest BCUT2D eigenvalue weighted by molar-refractivity contribution is 9.10. The summed E-state index contributed by atoms with van der Waals surface area (Å²) in [6.07, 6.45) is 0.0184. The van der Waals surface area contributed by atoms with Crippen molar-refractivity contribution in [2.75, 3.05) is 12.4 Å². The second-order valence-corrected chi connectivity index (χ2v) is 5.10. The Kier molecular flexibility index (Phi) is 4.31. The molecule has 0 aliphatic heterocycles. The maximum atomic E-state index is 5.53. The molecule has 0 saturated heterocycles. The minimum atomic E-state index is 0.0184. The summed E-state index contributed by atoms with van der Waals surface area (Å²) in [5.74, 6) is 1.08. The fourth-order valence-corrected chi connectivity index (χ4v) is 1.72. The largest absolute Gasteiger partial charge is 0.461 e. The molecule has 100 valence electrons. The number of hydrogen-bond acceptors (Lipinski definition) is 5. The van der Waals surface area contributed by atoms with Crippen LogP contribution in [0.25, 0.3) is 11.4 Å². The van der Waals surface area contributed by atoms with Gasteiger partial charge in [-0.3, -0.25) is 0 Å². The lowest BCUT2D eigenvalue weighted by molar-refractivity contribution is 0.222. The number of nitrogens with one attached hydrogen (secondary N) is 1. The van der Waals surface area contributed by atoms with E-state index in [0.29, 0.717) is 17.8 Å². The zero-order valence-corrected chi connectivity index (χ0v) is 12.6. The van der Waals surface area contributed by atoms with Gasteiger partial charge in [0.15, 0.2) is 5.82 Å². The van der Waals surface area contributed by atoms with Crippen molar-refractivity contribution in [3.63, 3.8) is 0 Å². The van der Waals surface area contributed by atoms with E-state index in [1.54, 1.807) is 7.05 Å². The Balaban J connectivity index is 2.41. The molecule has 0 atom stereocenters. The summed E-state index contributed by atoms with van der Waals surface area (Å²) in [5.41, 5.74) is 0.913. The molecule has 1 aromatic carbocycles. The first kappa shape index (κ1) is 13.7. The maximum absolute atomic E-state index is 5.53.